The Morgan fingerprint density at radius 1 is 1.39 bits per heavy atom. The van der Waals surface area contributed by atoms with Crippen molar-refractivity contribution in [2.75, 3.05) is 0 Å². The molecule has 1 aromatic carbocycles. The maximum absolute atomic E-state index is 13.4. The first-order chi connectivity index (χ1) is 8.40. The van der Waals surface area contributed by atoms with Gasteiger partial charge in [-0.2, -0.15) is 0 Å². The van der Waals surface area contributed by atoms with E-state index < -0.39 is 11.4 Å². The Labute approximate surface area is 115 Å². The molecule has 0 aliphatic rings. The van der Waals surface area contributed by atoms with Crippen molar-refractivity contribution in [1.82, 2.24) is 0 Å². The Kier molecular flexibility index (Phi) is 3.76. The lowest BCUT2D eigenvalue weighted by molar-refractivity contribution is 0.0608. The van der Waals surface area contributed by atoms with Crippen LogP contribution in [0.4, 0.5) is 4.39 Å². The molecule has 1 atom stereocenters. The summed E-state index contributed by atoms with van der Waals surface area (Å²) in [6.07, 6.45) is 0.364. The van der Waals surface area contributed by atoms with Crippen LogP contribution in [-0.4, -0.2) is 5.11 Å². The van der Waals surface area contributed by atoms with Crippen molar-refractivity contribution in [3.63, 3.8) is 0 Å². The van der Waals surface area contributed by atoms with Crippen molar-refractivity contribution in [2.45, 2.75) is 25.9 Å². The second kappa shape index (κ2) is 5.00. The van der Waals surface area contributed by atoms with Gasteiger partial charge >= 0.3 is 0 Å². The predicted octanol–water partition coefficient (Wildman–Crippen LogP) is 4.30. The smallest absolute Gasteiger partial charge is 0.142 e. The van der Waals surface area contributed by atoms with Crippen molar-refractivity contribution >= 4 is 22.9 Å². The lowest BCUT2D eigenvalue weighted by Gasteiger charge is -2.23. The van der Waals surface area contributed by atoms with Crippen LogP contribution in [0.5, 0.6) is 0 Å². The van der Waals surface area contributed by atoms with E-state index in [2.05, 4.69) is 0 Å². The van der Waals surface area contributed by atoms with Gasteiger partial charge in [0.2, 0.25) is 0 Å². The largest absolute Gasteiger partial charge is 0.384 e. The molecule has 0 aliphatic heterocycles. The Morgan fingerprint density at radius 2 is 2.11 bits per heavy atom. The van der Waals surface area contributed by atoms with Gasteiger partial charge in [0.15, 0.2) is 0 Å². The van der Waals surface area contributed by atoms with Gasteiger partial charge < -0.3 is 5.11 Å². The molecule has 0 amide bonds. The molecule has 2 rings (SSSR count). The molecule has 0 radical (unpaired) electrons. The zero-order valence-electron chi connectivity index (χ0n) is 10.2. The van der Waals surface area contributed by atoms with Crippen LogP contribution >= 0.6 is 22.9 Å². The molecule has 0 saturated carbocycles. The summed E-state index contributed by atoms with van der Waals surface area (Å²) in [6, 6.07) is 6.60. The normalized spacial score (nSPS) is 14.5. The fourth-order valence-electron chi connectivity index (χ4n) is 2.05. The second-order valence-corrected chi connectivity index (χ2v) is 5.96. The summed E-state index contributed by atoms with van der Waals surface area (Å²) < 4.78 is 13.4. The van der Waals surface area contributed by atoms with Gasteiger partial charge in [-0.05, 0) is 48.6 Å². The summed E-state index contributed by atoms with van der Waals surface area (Å²) in [7, 11) is 0. The van der Waals surface area contributed by atoms with Crippen LogP contribution < -0.4 is 0 Å². The molecule has 2 aromatic rings. The van der Waals surface area contributed by atoms with Gasteiger partial charge in [0.25, 0.3) is 0 Å². The topological polar surface area (TPSA) is 20.2 Å². The van der Waals surface area contributed by atoms with E-state index in [9.17, 15) is 9.50 Å². The molecule has 18 heavy (non-hydrogen) atoms. The first-order valence-corrected chi connectivity index (χ1v) is 6.87. The Bertz CT molecular complexity index is 563. The molecule has 1 aromatic heterocycles. The molecule has 1 nitrogen and oxygen atoms in total. The maximum atomic E-state index is 13.4. The van der Waals surface area contributed by atoms with Crippen molar-refractivity contribution in [2.24, 2.45) is 0 Å². The summed E-state index contributed by atoms with van der Waals surface area (Å²) in [4.78, 5) is 0.915. The highest BCUT2D eigenvalue weighted by Gasteiger charge is 2.26. The minimum absolute atomic E-state index is 0.102. The van der Waals surface area contributed by atoms with E-state index in [0.29, 0.717) is 6.42 Å². The minimum atomic E-state index is -0.988. The zero-order chi connectivity index (χ0) is 13.3. The van der Waals surface area contributed by atoms with E-state index in [1.807, 2.05) is 18.4 Å². The highest BCUT2D eigenvalue weighted by Crippen LogP contribution is 2.32. The van der Waals surface area contributed by atoms with Crippen molar-refractivity contribution < 1.29 is 9.50 Å². The van der Waals surface area contributed by atoms with Gasteiger partial charge in [-0.3, -0.25) is 0 Å². The number of thiophene rings is 1. The molecular formula is C14H14ClFOS. The Morgan fingerprint density at radius 3 is 2.67 bits per heavy atom. The van der Waals surface area contributed by atoms with E-state index >= 15 is 0 Å². The first kappa shape index (κ1) is 13.5. The standard InChI is InChI=1S/C14H14ClFOS/c1-9-5-6-18-13(9)14(2,17)8-10-3-4-11(15)12(16)7-10/h3-7,17H,8H2,1-2H3. The van der Waals surface area contributed by atoms with E-state index in [0.717, 1.165) is 16.0 Å². The van der Waals surface area contributed by atoms with Gasteiger partial charge in [0.05, 0.1) is 5.02 Å². The molecule has 1 unspecified atom stereocenters. The van der Waals surface area contributed by atoms with E-state index in [4.69, 9.17) is 11.6 Å². The first-order valence-electron chi connectivity index (χ1n) is 5.61. The number of aryl methyl sites for hydroxylation is 1. The molecule has 0 fully saturated rings. The summed E-state index contributed by atoms with van der Waals surface area (Å²) >= 11 is 7.15. The number of hydrogen-bond acceptors (Lipinski definition) is 2. The summed E-state index contributed by atoms with van der Waals surface area (Å²) in [5.74, 6) is -0.451. The van der Waals surface area contributed by atoms with Crippen LogP contribution in [0.3, 0.4) is 0 Å². The van der Waals surface area contributed by atoms with Crippen LogP contribution in [0.15, 0.2) is 29.6 Å². The average Bonchev–Trinajstić information content (AvgIpc) is 2.70. The van der Waals surface area contributed by atoms with Crippen molar-refractivity contribution in [3.8, 4) is 0 Å². The number of hydrogen-bond donors (Lipinski definition) is 1. The fraction of sp³-hybridized carbons (Fsp3) is 0.286. The maximum Gasteiger partial charge on any atom is 0.142 e. The molecular weight excluding hydrogens is 271 g/mol. The average molecular weight is 285 g/mol. The number of rotatable bonds is 3. The monoisotopic (exact) mass is 284 g/mol. The molecule has 0 saturated heterocycles. The van der Waals surface area contributed by atoms with E-state index in [1.54, 1.807) is 13.0 Å². The van der Waals surface area contributed by atoms with Gasteiger partial charge in [-0.25, -0.2) is 4.39 Å². The van der Waals surface area contributed by atoms with E-state index in [1.165, 1.54) is 23.5 Å². The molecule has 4 heteroatoms. The SMILES string of the molecule is Cc1ccsc1C(C)(O)Cc1ccc(Cl)c(F)c1. The van der Waals surface area contributed by atoms with Crippen LogP contribution in [0.1, 0.15) is 22.9 Å². The third-order valence-electron chi connectivity index (χ3n) is 2.88. The second-order valence-electron chi connectivity index (χ2n) is 4.63. The molecule has 0 spiro atoms. The third kappa shape index (κ3) is 2.74. The summed E-state index contributed by atoms with van der Waals surface area (Å²) in [5.41, 5.74) is 0.799. The lowest BCUT2D eigenvalue weighted by atomic mass is 9.93. The van der Waals surface area contributed by atoms with Crippen molar-refractivity contribution in [3.05, 3.63) is 56.5 Å². The Balaban J connectivity index is 2.27. The highest BCUT2D eigenvalue weighted by molar-refractivity contribution is 7.10. The molecule has 96 valence electrons. The van der Waals surface area contributed by atoms with Crippen LogP contribution in [0.25, 0.3) is 0 Å². The zero-order valence-corrected chi connectivity index (χ0v) is 11.8. The molecule has 0 aliphatic carbocycles. The summed E-state index contributed by atoms with van der Waals surface area (Å²) in [6.45, 7) is 3.71. The van der Waals surface area contributed by atoms with Crippen molar-refractivity contribution in [1.29, 1.82) is 0 Å². The summed E-state index contributed by atoms with van der Waals surface area (Å²) in [5, 5.41) is 12.6. The third-order valence-corrected chi connectivity index (χ3v) is 4.46. The van der Waals surface area contributed by atoms with Crippen LogP contribution in [-0.2, 0) is 12.0 Å². The fourth-order valence-corrected chi connectivity index (χ4v) is 3.16. The molecule has 1 N–H and O–H groups in total. The Hall–Kier alpha value is -0.900. The number of benzene rings is 1. The van der Waals surface area contributed by atoms with Crippen LogP contribution in [0, 0.1) is 12.7 Å². The quantitative estimate of drug-likeness (QED) is 0.891. The van der Waals surface area contributed by atoms with E-state index in [-0.39, 0.29) is 5.02 Å². The number of aliphatic hydroxyl groups is 1. The molecule has 0 bridgehead atoms. The molecule has 1 heterocycles. The van der Waals surface area contributed by atoms with Gasteiger partial charge in [0, 0.05) is 11.3 Å². The van der Waals surface area contributed by atoms with Gasteiger partial charge in [0.1, 0.15) is 11.4 Å². The predicted molar refractivity (Wildman–Crippen MR) is 73.7 cm³/mol. The minimum Gasteiger partial charge on any atom is -0.384 e. The van der Waals surface area contributed by atoms with Crippen LogP contribution in [0.2, 0.25) is 5.02 Å². The highest BCUT2D eigenvalue weighted by atomic mass is 35.5. The van der Waals surface area contributed by atoms with Gasteiger partial charge in [-0.15, -0.1) is 11.3 Å². The lowest BCUT2D eigenvalue weighted by Crippen LogP contribution is -2.23. The number of halogens is 2. The van der Waals surface area contributed by atoms with Gasteiger partial charge in [-0.1, -0.05) is 17.7 Å².